The highest BCUT2D eigenvalue weighted by Gasteiger charge is 2.30. The molecule has 1 saturated carbocycles. The molecular weight excluding hydrogens is 482 g/mol. The smallest absolute Gasteiger partial charge is 0.410 e. The van der Waals surface area contributed by atoms with Crippen LogP contribution in [0.3, 0.4) is 0 Å². The average Bonchev–Trinajstić information content (AvgIpc) is 3.29. The SMILES string of the molecule is CC1(NC(=O)Nc2ccc3ncc(C(C=NC4CCN(C(=O)OC(C)(C)C)CC4)=CN)cc3n2)CCCC1. The standard InChI is InChI=1S/C28H39N7O3/c1-27(2,3)38-26(37)35-13-9-21(10-14-35)30-18-20(16-29)19-15-23-22(31-17-19)7-8-24(32-23)33-25(36)34-28(4)11-5-6-12-28/h7-8,15-18,21H,5-6,9-14,29H2,1-4H3,(H2,32,33,34,36). The number of aliphatic imine (C=N–C) groups is 1. The molecule has 10 nitrogen and oxygen atoms in total. The second-order valence-electron chi connectivity index (χ2n) is 11.4. The highest BCUT2D eigenvalue weighted by Crippen LogP contribution is 2.29. The molecule has 10 heteroatoms. The Morgan fingerprint density at radius 3 is 2.55 bits per heavy atom. The lowest BCUT2D eigenvalue weighted by Gasteiger charge is -2.32. The van der Waals surface area contributed by atoms with Crippen LogP contribution < -0.4 is 16.4 Å². The average molecular weight is 522 g/mol. The van der Waals surface area contributed by atoms with E-state index in [2.05, 4.69) is 27.5 Å². The zero-order valence-corrected chi connectivity index (χ0v) is 22.8. The number of carbonyl (C=O) groups is 2. The quantitative estimate of drug-likeness (QED) is 0.481. The first kappa shape index (κ1) is 27.3. The number of nitrogens with zero attached hydrogens (tertiary/aromatic N) is 4. The van der Waals surface area contributed by atoms with Gasteiger partial charge in [0.15, 0.2) is 0 Å². The van der Waals surface area contributed by atoms with Gasteiger partial charge in [-0.05, 0) is 71.6 Å². The Morgan fingerprint density at radius 2 is 1.89 bits per heavy atom. The topological polar surface area (TPSA) is 135 Å². The van der Waals surface area contributed by atoms with Gasteiger partial charge in [-0.1, -0.05) is 12.8 Å². The van der Waals surface area contributed by atoms with Crippen molar-refractivity contribution in [1.29, 1.82) is 0 Å². The molecule has 3 amide bonds. The Balaban J connectivity index is 1.38. The molecule has 3 heterocycles. The lowest BCUT2D eigenvalue weighted by atomic mass is 10.0. The summed E-state index contributed by atoms with van der Waals surface area (Å²) < 4.78 is 5.47. The van der Waals surface area contributed by atoms with Crippen LogP contribution in [0.5, 0.6) is 0 Å². The normalized spacial score (nSPS) is 18.6. The largest absolute Gasteiger partial charge is 0.444 e. The minimum Gasteiger partial charge on any atom is -0.444 e. The number of nitrogens with one attached hydrogen (secondary N) is 2. The Bertz CT molecular complexity index is 1220. The number of aromatic nitrogens is 2. The van der Waals surface area contributed by atoms with E-state index in [1.807, 2.05) is 32.9 Å². The van der Waals surface area contributed by atoms with Crippen molar-refractivity contribution in [2.75, 3.05) is 18.4 Å². The first-order chi connectivity index (χ1) is 18.0. The number of allylic oxidation sites excluding steroid dienone is 1. The lowest BCUT2D eigenvalue weighted by Crippen LogP contribution is -2.45. The van der Waals surface area contributed by atoms with Crippen molar-refractivity contribution in [1.82, 2.24) is 20.2 Å². The third-order valence-corrected chi connectivity index (χ3v) is 6.95. The summed E-state index contributed by atoms with van der Waals surface area (Å²) >= 11 is 0. The number of ether oxygens (including phenoxy) is 1. The summed E-state index contributed by atoms with van der Waals surface area (Å²) in [5, 5.41) is 5.93. The van der Waals surface area contributed by atoms with Crippen molar-refractivity contribution in [3.63, 3.8) is 0 Å². The van der Waals surface area contributed by atoms with Crippen LogP contribution in [0.1, 0.15) is 71.8 Å². The number of rotatable bonds is 5. The van der Waals surface area contributed by atoms with E-state index in [0.717, 1.165) is 49.7 Å². The molecule has 0 aromatic carbocycles. The van der Waals surface area contributed by atoms with Gasteiger partial charge in [-0.2, -0.15) is 0 Å². The Kier molecular flexibility index (Phi) is 8.18. The number of pyridine rings is 2. The molecule has 0 unspecified atom stereocenters. The maximum absolute atomic E-state index is 12.5. The summed E-state index contributed by atoms with van der Waals surface area (Å²) in [7, 11) is 0. The summed E-state index contributed by atoms with van der Waals surface area (Å²) in [5.41, 5.74) is 8.12. The highest BCUT2D eigenvalue weighted by atomic mass is 16.6. The maximum Gasteiger partial charge on any atom is 0.410 e. The molecular formula is C28H39N7O3. The van der Waals surface area contributed by atoms with Crippen molar-refractivity contribution in [2.45, 2.75) is 83.4 Å². The number of amides is 3. The van der Waals surface area contributed by atoms with Gasteiger partial charge in [0.1, 0.15) is 11.4 Å². The summed E-state index contributed by atoms with van der Waals surface area (Å²) in [6.07, 6.45) is 10.4. The fourth-order valence-corrected chi connectivity index (χ4v) is 4.86. The van der Waals surface area contributed by atoms with E-state index in [-0.39, 0.29) is 23.7 Å². The fraction of sp³-hybridized carbons (Fsp3) is 0.536. The lowest BCUT2D eigenvalue weighted by molar-refractivity contribution is 0.0207. The summed E-state index contributed by atoms with van der Waals surface area (Å²) in [6.45, 7) is 8.88. The zero-order chi connectivity index (χ0) is 27.3. The van der Waals surface area contributed by atoms with Crippen LogP contribution in [-0.4, -0.2) is 63.5 Å². The van der Waals surface area contributed by atoms with E-state index in [0.29, 0.717) is 29.9 Å². The maximum atomic E-state index is 12.5. The van der Waals surface area contributed by atoms with Gasteiger partial charge < -0.3 is 20.7 Å². The molecule has 4 rings (SSSR count). The monoisotopic (exact) mass is 521 g/mol. The number of likely N-dealkylation sites (tertiary alicyclic amines) is 1. The van der Waals surface area contributed by atoms with Crippen LogP contribution >= 0.6 is 0 Å². The van der Waals surface area contributed by atoms with E-state index in [4.69, 9.17) is 15.5 Å². The number of anilines is 1. The van der Waals surface area contributed by atoms with E-state index < -0.39 is 5.60 Å². The molecule has 2 aromatic heterocycles. The molecule has 2 aliphatic rings. The predicted molar refractivity (Wildman–Crippen MR) is 150 cm³/mol. The minimum atomic E-state index is -0.507. The summed E-state index contributed by atoms with van der Waals surface area (Å²) in [4.78, 5) is 40.4. The van der Waals surface area contributed by atoms with Gasteiger partial charge in [-0.15, -0.1) is 0 Å². The number of piperidine rings is 1. The van der Waals surface area contributed by atoms with Gasteiger partial charge in [0.2, 0.25) is 0 Å². The minimum absolute atomic E-state index is 0.0891. The summed E-state index contributed by atoms with van der Waals surface area (Å²) in [5.74, 6) is 0.458. The van der Waals surface area contributed by atoms with Crippen LogP contribution in [0.15, 0.2) is 35.6 Å². The Labute approximate surface area is 224 Å². The second kappa shape index (κ2) is 11.4. The van der Waals surface area contributed by atoms with Gasteiger partial charge in [0, 0.05) is 48.4 Å². The summed E-state index contributed by atoms with van der Waals surface area (Å²) in [6, 6.07) is 5.30. The van der Waals surface area contributed by atoms with Gasteiger partial charge in [0.05, 0.1) is 17.1 Å². The van der Waals surface area contributed by atoms with Crippen molar-refractivity contribution in [3.8, 4) is 0 Å². The molecule has 0 radical (unpaired) electrons. The zero-order valence-electron chi connectivity index (χ0n) is 22.8. The predicted octanol–water partition coefficient (Wildman–Crippen LogP) is 4.85. The molecule has 4 N–H and O–H groups in total. The number of nitrogens with two attached hydrogens (primary N) is 1. The van der Waals surface area contributed by atoms with Crippen molar-refractivity contribution in [2.24, 2.45) is 10.7 Å². The molecule has 2 aromatic rings. The third-order valence-electron chi connectivity index (χ3n) is 6.95. The number of urea groups is 1. The number of fused-ring (bicyclic) bond motifs is 1. The molecule has 1 aliphatic heterocycles. The van der Waals surface area contributed by atoms with Crippen molar-refractivity contribution >= 4 is 40.8 Å². The fourth-order valence-electron chi connectivity index (χ4n) is 4.86. The van der Waals surface area contributed by atoms with Gasteiger partial charge in [0.25, 0.3) is 0 Å². The van der Waals surface area contributed by atoms with Crippen LogP contribution in [0.4, 0.5) is 15.4 Å². The number of hydrogen-bond acceptors (Lipinski definition) is 7. The highest BCUT2D eigenvalue weighted by molar-refractivity contribution is 6.10. The van der Waals surface area contributed by atoms with Crippen molar-refractivity contribution < 1.29 is 14.3 Å². The Hall–Kier alpha value is -3.69. The number of carbonyl (C=O) groups excluding carboxylic acids is 2. The third kappa shape index (κ3) is 7.20. The first-order valence-corrected chi connectivity index (χ1v) is 13.3. The van der Waals surface area contributed by atoms with Gasteiger partial charge in [-0.25, -0.2) is 14.6 Å². The van der Waals surface area contributed by atoms with Crippen molar-refractivity contribution in [3.05, 3.63) is 36.2 Å². The molecule has 1 saturated heterocycles. The molecule has 38 heavy (non-hydrogen) atoms. The molecule has 0 bridgehead atoms. The molecule has 1 aliphatic carbocycles. The van der Waals surface area contributed by atoms with E-state index in [1.165, 1.54) is 6.20 Å². The second-order valence-corrected chi connectivity index (χ2v) is 11.4. The molecule has 204 valence electrons. The number of hydrogen-bond donors (Lipinski definition) is 3. The van der Waals surface area contributed by atoms with E-state index in [1.54, 1.807) is 23.4 Å². The van der Waals surface area contributed by atoms with Gasteiger partial charge >= 0.3 is 12.1 Å². The Morgan fingerprint density at radius 1 is 1.18 bits per heavy atom. The van der Waals surface area contributed by atoms with Crippen LogP contribution in [-0.2, 0) is 4.74 Å². The van der Waals surface area contributed by atoms with Crippen LogP contribution in [0, 0.1) is 0 Å². The van der Waals surface area contributed by atoms with Crippen LogP contribution in [0.2, 0.25) is 0 Å². The molecule has 0 spiro atoms. The first-order valence-electron chi connectivity index (χ1n) is 13.3. The van der Waals surface area contributed by atoms with E-state index >= 15 is 0 Å². The van der Waals surface area contributed by atoms with E-state index in [9.17, 15) is 9.59 Å². The van der Waals surface area contributed by atoms with Crippen LogP contribution in [0.25, 0.3) is 16.6 Å². The molecule has 2 fully saturated rings. The molecule has 0 atom stereocenters. The van der Waals surface area contributed by atoms with Gasteiger partial charge in [-0.3, -0.25) is 15.3 Å².